The van der Waals surface area contributed by atoms with Gasteiger partial charge in [0.05, 0.1) is 24.3 Å². The number of carbonyl (C=O) groups excluding carboxylic acids is 3. The SMILES string of the molecule is CCOC(=O)c1sc(NC(=O)Cc2csc(N3CCNC3=O)n2)c(C#N)c1C. The number of nitrogens with one attached hydrogen (secondary N) is 2. The molecular weight excluding hydrogens is 402 g/mol. The van der Waals surface area contributed by atoms with E-state index in [0.29, 0.717) is 39.4 Å². The van der Waals surface area contributed by atoms with Crippen molar-refractivity contribution in [1.82, 2.24) is 10.3 Å². The van der Waals surface area contributed by atoms with Gasteiger partial charge in [0.25, 0.3) is 0 Å². The number of anilines is 2. The second kappa shape index (κ2) is 8.37. The summed E-state index contributed by atoms with van der Waals surface area (Å²) in [5.41, 5.74) is 1.25. The maximum Gasteiger partial charge on any atom is 0.348 e. The summed E-state index contributed by atoms with van der Waals surface area (Å²) in [5.74, 6) is -0.883. The summed E-state index contributed by atoms with van der Waals surface area (Å²) in [5, 5.41) is 17.3. The molecule has 3 amide bonds. The van der Waals surface area contributed by atoms with E-state index < -0.39 is 5.97 Å². The molecule has 0 bridgehead atoms. The van der Waals surface area contributed by atoms with Crippen LogP contribution in [0, 0.1) is 18.3 Å². The second-order valence-corrected chi connectivity index (χ2v) is 7.68. The Hall–Kier alpha value is -2.97. The fraction of sp³-hybridized carbons (Fsp3) is 0.353. The molecule has 1 aliphatic heterocycles. The number of thiazole rings is 1. The van der Waals surface area contributed by atoms with Crippen LogP contribution in [-0.2, 0) is 16.0 Å². The smallest absolute Gasteiger partial charge is 0.348 e. The molecule has 3 rings (SSSR count). The first kappa shape index (κ1) is 19.8. The van der Waals surface area contributed by atoms with Crippen molar-refractivity contribution in [2.75, 3.05) is 29.9 Å². The van der Waals surface area contributed by atoms with Crippen molar-refractivity contribution in [2.45, 2.75) is 20.3 Å². The zero-order valence-corrected chi connectivity index (χ0v) is 16.8. The fourth-order valence-corrected chi connectivity index (χ4v) is 4.53. The van der Waals surface area contributed by atoms with Gasteiger partial charge in [0.1, 0.15) is 15.9 Å². The van der Waals surface area contributed by atoms with E-state index in [1.54, 1.807) is 19.2 Å². The second-order valence-electron chi connectivity index (χ2n) is 5.82. The van der Waals surface area contributed by atoms with Crippen molar-refractivity contribution < 1.29 is 19.1 Å². The average Bonchev–Trinajstić information content (AvgIpc) is 3.34. The average molecular weight is 419 g/mol. The third-order valence-corrected chi connectivity index (χ3v) is 6.04. The third kappa shape index (κ3) is 3.97. The zero-order chi connectivity index (χ0) is 20.3. The van der Waals surface area contributed by atoms with Crippen molar-refractivity contribution >= 4 is 50.7 Å². The predicted octanol–water partition coefficient (Wildman–Crippen LogP) is 2.27. The molecule has 0 radical (unpaired) electrons. The number of thiophene rings is 1. The quantitative estimate of drug-likeness (QED) is 0.692. The standard InChI is InChI=1S/C17H17N5O4S2/c1-3-26-15(24)13-9(2)11(7-18)14(28-13)21-12(23)6-10-8-27-17(20-10)22-5-4-19-16(22)25/h8H,3-6H2,1-2H3,(H,19,25)(H,21,23). The van der Waals surface area contributed by atoms with Crippen LogP contribution >= 0.6 is 22.7 Å². The number of aromatic nitrogens is 1. The number of ether oxygens (including phenoxy) is 1. The maximum atomic E-state index is 12.4. The lowest BCUT2D eigenvalue weighted by molar-refractivity contribution is -0.115. The largest absolute Gasteiger partial charge is 0.462 e. The number of amides is 3. The summed E-state index contributed by atoms with van der Waals surface area (Å²) >= 11 is 2.30. The van der Waals surface area contributed by atoms with Crippen molar-refractivity contribution in [1.29, 1.82) is 5.26 Å². The molecule has 0 atom stereocenters. The summed E-state index contributed by atoms with van der Waals surface area (Å²) in [7, 11) is 0. The summed E-state index contributed by atoms with van der Waals surface area (Å²) in [6.07, 6.45) is -0.0114. The highest BCUT2D eigenvalue weighted by Gasteiger charge is 2.25. The monoisotopic (exact) mass is 419 g/mol. The number of carbonyl (C=O) groups is 3. The zero-order valence-electron chi connectivity index (χ0n) is 15.2. The van der Waals surface area contributed by atoms with Crippen molar-refractivity contribution in [3.63, 3.8) is 0 Å². The van der Waals surface area contributed by atoms with Gasteiger partial charge in [-0.1, -0.05) is 0 Å². The molecule has 0 spiro atoms. The minimum atomic E-state index is -0.518. The van der Waals surface area contributed by atoms with Crippen LogP contribution in [0.5, 0.6) is 0 Å². The first-order chi connectivity index (χ1) is 13.4. The van der Waals surface area contributed by atoms with E-state index in [2.05, 4.69) is 15.6 Å². The Morgan fingerprint density at radius 3 is 2.93 bits per heavy atom. The minimum Gasteiger partial charge on any atom is -0.462 e. The Kier molecular flexibility index (Phi) is 5.91. The van der Waals surface area contributed by atoms with Crippen LogP contribution in [0.25, 0.3) is 0 Å². The number of urea groups is 1. The molecule has 0 unspecified atom stereocenters. The van der Waals surface area contributed by atoms with E-state index in [-0.39, 0.29) is 30.5 Å². The number of rotatable bonds is 6. The highest BCUT2D eigenvalue weighted by atomic mass is 32.1. The molecule has 2 aromatic heterocycles. The molecule has 1 saturated heterocycles. The van der Waals surface area contributed by atoms with Crippen LogP contribution in [0.3, 0.4) is 0 Å². The lowest BCUT2D eigenvalue weighted by atomic mass is 10.1. The number of nitriles is 1. The van der Waals surface area contributed by atoms with Gasteiger partial charge in [0.15, 0.2) is 5.13 Å². The van der Waals surface area contributed by atoms with Gasteiger partial charge in [0, 0.05) is 18.5 Å². The van der Waals surface area contributed by atoms with Crippen LogP contribution < -0.4 is 15.5 Å². The highest BCUT2D eigenvalue weighted by molar-refractivity contribution is 7.18. The Balaban J connectivity index is 1.71. The summed E-state index contributed by atoms with van der Waals surface area (Å²) in [6.45, 7) is 4.66. The van der Waals surface area contributed by atoms with Crippen molar-refractivity contribution in [2.24, 2.45) is 0 Å². The van der Waals surface area contributed by atoms with E-state index >= 15 is 0 Å². The van der Waals surface area contributed by atoms with Gasteiger partial charge in [-0.25, -0.2) is 14.6 Å². The number of nitrogens with zero attached hydrogens (tertiary/aromatic N) is 3. The molecule has 1 fully saturated rings. The van der Waals surface area contributed by atoms with Crippen LogP contribution in [0.2, 0.25) is 0 Å². The van der Waals surface area contributed by atoms with E-state index in [4.69, 9.17) is 4.74 Å². The fourth-order valence-electron chi connectivity index (χ4n) is 2.62. The van der Waals surface area contributed by atoms with Crippen molar-refractivity contribution in [3.8, 4) is 6.07 Å². The van der Waals surface area contributed by atoms with Crippen LogP contribution in [0.1, 0.15) is 33.4 Å². The van der Waals surface area contributed by atoms with Gasteiger partial charge in [-0.3, -0.25) is 9.69 Å². The lowest BCUT2D eigenvalue weighted by Gasteiger charge is -2.08. The molecule has 0 aliphatic carbocycles. The molecule has 1 aliphatic rings. The number of hydrogen-bond acceptors (Lipinski definition) is 8. The summed E-state index contributed by atoms with van der Waals surface area (Å²) < 4.78 is 4.99. The Bertz CT molecular complexity index is 975. The number of esters is 1. The van der Waals surface area contributed by atoms with Gasteiger partial charge in [0.2, 0.25) is 5.91 Å². The molecule has 0 saturated carbocycles. The molecule has 2 N–H and O–H groups in total. The summed E-state index contributed by atoms with van der Waals surface area (Å²) in [4.78, 5) is 42.2. The van der Waals surface area contributed by atoms with Gasteiger partial charge in [-0.2, -0.15) is 5.26 Å². The molecule has 146 valence electrons. The van der Waals surface area contributed by atoms with E-state index in [0.717, 1.165) is 11.3 Å². The molecule has 11 heteroatoms. The molecule has 28 heavy (non-hydrogen) atoms. The third-order valence-electron chi connectivity index (χ3n) is 3.94. The number of hydrogen-bond donors (Lipinski definition) is 2. The van der Waals surface area contributed by atoms with E-state index in [1.165, 1.54) is 16.2 Å². The Morgan fingerprint density at radius 1 is 1.50 bits per heavy atom. The van der Waals surface area contributed by atoms with Gasteiger partial charge in [-0.05, 0) is 19.4 Å². The van der Waals surface area contributed by atoms with Gasteiger partial charge < -0.3 is 15.4 Å². The van der Waals surface area contributed by atoms with Gasteiger partial charge >= 0.3 is 12.0 Å². The van der Waals surface area contributed by atoms with E-state index in [1.807, 2.05) is 6.07 Å². The minimum absolute atomic E-state index is 0.0114. The topological polar surface area (TPSA) is 124 Å². The highest BCUT2D eigenvalue weighted by Crippen LogP contribution is 2.33. The normalized spacial score (nSPS) is 13.2. The summed E-state index contributed by atoms with van der Waals surface area (Å²) in [6, 6.07) is 1.82. The first-order valence-corrected chi connectivity index (χ1v) is 10.1. The molecule has 2 aromatic rings. The molecule has 9 nitrogen and oxygen atoms in total. The van der Waals surface area contributed by atoms with Crippen LogP contribution in [0.4, 0.5) is 14.9 Å². The van der Waals surface area contributed by atoms with E-state index in [9.17, 15) is 19.6 Å². The Labute approximate surface area is 168 Å². The van der Waals surface area contributed by atoms with Crippen LogP contribution in [-0.4, -0.2) is 42.6 Å². The van der Waals surface area contributed by atoms with Crippen molar-refractivity contribution in [3.05, 3.63) is 27.1 Å². The maximum absolute atomic E-state index is 12.4. The van der Waals surface area contributed by atoms with Gasteiger partial charge in [-0.15, -0.1) is 22.7 Å². The molecule has 3 heterocycles. The predicted molar refractivity (Wildman–Crippen MR) is 105 cm³/mol. The van der Waals surface area contributed by atoms with Crippen LogP contribution in [0.15, 0.2) is 5.38 Å². The molecule has 0 aromatic carbocycles. The first-order valence-electron chi connectivity index (χ1n) is 8.44. The lowest BCUT2D eigenvalue weighted by Crippen LogP contribution is -2.27. The Morgan fingerprint density at radius 2 is 2.29 bits per heavy atom. The molecular formula is C17H17N5O4S2.